The Kier molecular flexibility index (Phi) is 8.34. The Labute approximate surface area is 134 Å². The summed E-state index contributed by atoms with van der Waals surface area (Å²) >= 11 is 0. The van der Waals surface area contributed by atoms with Gasteiger partial charge in [0.1, 0.15) is 37.1 Å². The molecule has 0 amide bonds. The Morgan fingerprint density at radius 1 is 1.09 bits per heavy atom. The van der Waals surface area contributed by atoms with Crippen LogP contribution in [0.25, 0.3) is 0 Å². The van der Waals surface area contributed by atoms with Crippen LogP contribution in [0, 0.1) is 5.92 Å². The van der Waals surface area contributed by atoms with E-state index in [0.717, 1.165) is 0 Å². The van der Waals surface area contributed by atoms with Crippen molar-refractivity contribution in [3.05, 3.63) is 0 Å². The summed E-state index contributed by atoms with van der Waals surface area (Å²) < 4.78 is 15.4. The van der Waals surface area contributed by atoms with Crippen LogP contribution < -0.4 is 0 Å². The number of aliphatic hydroxyl groups is 5. The smallest absolute Gasteiger partial charge is 0.306 e. The fourth-order valence-corrected chi connectivity index (χ4v) is 2.07. The summed E-state index contributed by atoms with van der Waals surface area (Å²) in [7, 11) is 0. The highest BCUT2D eigenvalue weighted by atomic mass is 16.7. The number of esters is 1. The molecule has 1 fully saturated rings. The van der Waals surface area contributed by atoms with E-state index < -0.39 is 56.0 Å². The highest BCUT2D eigenvalue weighted by Crippen LogP contribution is 2.23. The zero-order valence-electron chi connectivity index (χ0n) is 13.2. The molecule has 0 aromatic carbocycles. The molecule has 0 bridgehead atoms. The van der Waals surface area contributed by atoms with E-state index in [1.807, 2.05) is 13.8 Å². The van der Waals surface area contributed by atoms with Gasteiger partial charge in [0, 0.05) is 6.42 Å². The molecule has 1 heterocycles. The second-order valence-corrected chi connectivity index (χ2v) is 5.92. The van der Waals surface area contributed by atoms with E-state index >= 15 is 0 Å². The summed E-state index contributed by atoms with van der Waals surface area (Å²) in [5, 5.41) is 47.5. The molecule has 0 spiro atoms. The van der Waals surface area contributed by atoms with Gasteiger partial charge in [0.25, 0.3) is 0 Å². The zero-order valence-corrected chi connectivity index (χ0v) is 13.2. The third kappa shape index (κ3) is 5.96. The Balaban J connectivity index is 2.62. The first kappa shape index (κ1) is 20.2. The number of rotatable bonds is 8. The summed E-state index contributed by atoms with van der Waals surface area (Å²) in [4.78, 5) is 11.5. The van der Waals surface area contributed by atoms with Crippen LogP contribution in [0.2, 0.25) is 0 Å². The van der Waals surface area contributed by atoms with E-state index in [1.54, 1.807) is 0 Å². The van der Waals surface area contributed by atoms with Gasteiger partial charge in [-0.15, -0.1) is 0 Å². The van der Waals surface area contributed by atoms with Crippen molar-refractivity contribution in [2.24, 2.45) is 5.92 Å². The Bertz CT molecular complexity index is 358. The fraction of sp³-hybridized carbons (Fsp3) is 0.929. The first-order valence-corrected chi connectivity index (χ1v) is 7.52. The van der Waals surface area contributed by atoms with Gasteiger partial charge in [-0.05, 0) is 5.92 Å². The summed E-state index contributed by atoms with van der Waals surface area (Å²) in [5.74, 6) is -0.365. The topological polar surface area (TPSA) is 146 Å². The molecule has 23 heavy (non-hydrogen) atoms. The van der Waals surface area contributed by atoms with Crippen molar-refractivity contribution in [3.63, 3.8) is 0 Å². The van der Waals surface area contributed by atoms with E-state index in [-0.39, 0.29) is 18.9 Å². The number of aliphatic hydroxyl groups excluding tert-OH is 5. The molecular formula is C14H26O9. The van der Waals surface area contributed by atoms with Crippen molar-refractivity contribution in [2.75, 3.05) is 19.8 Å². The Hall–Kier alpha value is -0.810. The van der Waals surface area contributed by atoms with E-state index in [2.05, 4.69) is 0 Å². The van der Waals surface area contributed by atoms with Gasteiger partial charge in [-0.1, -0.05) is 13.8 Å². The van der Waals surface area contributed by atoms with Crippen LogP contribution in [0.3, 0.4) is 0 Å². The van der Waals surface area contributed by atoms with Crippen LogP contribution in [-0.2, 0) is 19.0 Å². The molecule has 5 N–H and O–H groups in total. The van der Waals surface area contributed by atoms with E-state index in [9.17, 15) is 20.1 Å². The van der Waals surface area contributed by atoms with Crippen molar-refractivity contribution < 1.29 is 44.5 Å². The number of carbonyl (C=O) groups is 1. The van der Waals surface area contributed by atoms with Gasteiger partial charge in [0.05, 0.1) is 13.2 Å². The molecule has 0 aromatic rings. The Morgan fingerprint density at radius 2 is 1.70 bits per heavy atom. The van der Waals surface area contributed by atoms with Crippen LogP contribution >= 0.6 is 0 Å². The van der Waals surface area contributed by atoms with Gasteiger partial charge in [0.15, 0.2) is 6.29 Å². The van der Waals surface area contributed by atoms with Crippen LogP contribution in [0.4, 0.5) is 0 Å². The van der Waals surface area contributed by atoms with Gasteiger partial charge in [-0.3, -0.25) is 4.79 Å². The lowest BCUT2D eigenvalue weighted by Crippen LogP contribution is -2.60. The van der Waals surface area contributed by atoms with E-state index in [4.69, 9.17) is 24.4 Å². The van der Waals surface area contributed by atoms with Crippen molar-refractivity contribution in [1.82, 2.24) is 0 Å². The molecule has 5 atom stereocenters. The monoisotopic (exact) mass is 338 g/mol. The highest BCUT2D eigenvalue weighted by molar-refractivity contribution is 5.69. The zero-order chi connectivity index (χ0) is 17.6. The second kappa shape index (κ2) is 9.48. The van der Waals surface area contributed by atoms with Gasteiger partial charge in [-0.25, -0.2) is 0 Å². The summed E-state index contributed by atoms with van der Waals surface area (Å²) in [5.41, 5.74) is 0. The Morgan fingerprint density at radius 3 is 2.22 bits per heavy atom. The molecule has 1 aliphatic heterocycles. The molecule has 0 aromatic heterocycles. The summed E-state index contributed by atoms with van der Waals surface area (Å²) in [6.45, 7) is 2.34. The maximum atomic E-state index is 11.5. The lowest BCUT2D eigenvalue weighted by Gasteiger charge is -2.40. The minimum absolute atomic E-state index is 0.109. The first-order chi connectivity index (χ1) is 10.8. The van der Waals surface area contributed by atoms with Crippen molar-refractivity contribution >= 4 is 5.97 Å². The molecule has 9 nitrogen and oxygen atoms in total. The summed E-state index contributed by atoms with van der Waals surface area (Å²) in [6, 6.07) is 0. The quantitative estimate of drug-likeness (QED) is 0.310. The number of hydrogen-bond donors (Lipinski definition) is 5. The van der Waals surface area contributed by atoms with Gasteiger partial charge in [0.2, 0.25) is 0 Å². The fourth-order valence-electron chi connectivity index (χ4n) is 2.07. The summed E-state index contributed by atoms with van der Waals surface area (Å²) in [6.07, 6.45) is -7.93. The third-order valence-electron chi connectivity index (χ3n) is 3.39. The molecule has 1 rings (SSSR count). The van der Waals surface area contributed by atoms with E-state index in [1.165, 1.54) is 0 Å². The molecular weight excluding hydrogens is 312 g/mol. The molecule has 0 aliphatic carbocycles. The van der Waals surface area contributed by atoms with Crippen molar-refractivity contribution in [2.45, 2.75) is 57.1 Å². The van der Waals surface area contributed by atoms with Crippen LogP contribution in [-0.4, -0.2) is 88.1 Å². The number of ether oxygens (including phenoxy) is 3. The van der Waals surface area contributed by atoms with Crippen LogP contribution in [0.5, 0.6) is 0 Å². The average molecular weight is 338 g/mol. The minimum Gasteiger partial charge on any atom is -0.463 e. The molecule has 1 saturated heterocycles. The lowest BCUT2D eigenvalue weighted by molar-refractivity contribution is -0.315. The molecule has 9 heteroatoms. The van der Waals surface area contributed by atoms with Gasteiger partial charge >= 0.3 is 5.97 Å². The third-order valence-corrected chi connectivity index (χ3v) is 3.39. The maximum absolute atomic E-state index is 11.5. The second-order valence-electron chi connectivity index (χ2n) is 5.92. The van der Waals surface area contributed by atoms with Gasteiger partial charge < -0.3 is 39.7 Å². The lowest BCUT2D eigenvalue weighted by atomic mass is 9.99. The standard InChI is InChI=1S/C14H26O9/c1-7(2)3-10(17)21-6-9-11(18)12(19)13(20)14(23-9)22-8(4-15)5-16/h7-9,11-16,18-20H,3-6H2,1-2H3/t9-,11+,12+,13-,14-/m1/s1. The molecule has 0 saturated carbocycles. The van der Waals surface area contributed by atoms with E-state index in [0.29, 0.717) is 0 Å². The van der Waals surface area contributed by atoms with Crippen LogP contribution in [0.15, 0.2) is 0 Å². The predicted octanol–water partition coefficient (Wildman–Crippen LogP) is -2.25. The SMILES string of the molecule is CC(C)CC(=O)OC[C@H]1O[C@@H](OC(CO)CO)[C@H](O)[C@@H](O)[C@H]1O. The maximum Gasteiger partial charge on any atom is 0.306 e. The highest BCUT2D eigenvalue weighted by Gasteiger charge is 2.45. The first-order valence-electron chi connectivity index (χ1n) is 7.52. The van der Waals surface area contributed by atoms with Crippen molar-refractivity contribution in [1.29, 1.82) is 0 Å². The van der Waals surface area contributed by atoms with Gasteiger partial charge in [-0.2, -0.15) is 0 Å². The predicted molar refractivity (Wildman–Crippen MR) is 76.1 cm³/mol. The molecule has 1 aliphatic rings. The normalized spacial score (nSPS) is 31.6. The number of carbonyl (C=O) groups excluding carboxylic acids is 1. The van der Waals surface area contributed by atoms with Crippen molar-refractivity contribution in [3.8, 4) is 0 Å². The molecule has 136 valence electrons. The number of hydrogen-bond acceptors (Lipinski definition) is 9. The average Bonchev–Trinajstić information content (AvgIpc) is 2.50. The van der Waals surface area contributed by atoms with Crippen LogP contribution in [0.1, 0.15) is 20.3 Å². The molecule has 0 radical (unpaired) electrons. The largest absolute Gasteiger partial charge is 0.463 e. The minimum atomic E-state index is -1.58. The molecule has 0 unspecified atom stereocenters.